The van der Waals surface area contributed by atoms with Gasteiger partial charge in [0, 0.05) is 29.5 Å². The molecule has 0 unspecified atom stereocenters. The quantitative estimate of drug-likeness (QED) is 0.588. The molecule has 1 aromatic carbocycles. The van der Waals surface area contributed by atoms with Crippen LogP contribution in [0, 0.1) is 13.8 Å². The molecule has 152 valence electrons. The summed E-state index contributed by atoms with van der Waals surface area (Å²) in [4.78, 5) is 24.6. The van der Waals surface area contributed by atoms with E-state index in [4.69, 9.17) is 4.74 Å². The van der Waals surface area contributed by atoms with Crippen molar-refractivity contribution in [3.63, 3.8) is 0 Å². The number of nitrogens with zero attached hydrogens (tertiary/aromatic N) is 1. The SMILES string of the molecule is Cc1cc(C(=O)COC(=O)c2cccc(S(=O)(=O)NC(C)(C)C)c2)c(C)n1C. The largest absolute Gasteiger partial charge is 0.454 e. The van der Waals surface area contributed by atoms with Gasteiger partial charge in [-0.1, -0.05) is 6.07 Å². The molecule has 0 spiro atoms. The van der Waals surface area contributed by atoms with Crippen molar-refractivity contribution < 1.29 is 22.7 Å². The third-order valence-electron chi connectivity index (χ3n) is 4.23. The summed E-state index contributed by atoms with van der Waals surface area (Å²) in [5, 5.41) is 0. The number of benzene rings is 1. The maximum atomic E-state index is 12.4. The van der Waals surface area contributed by atoms with Crippen molar-refractivity contribution in [1.82, 2.24) is 9.29 Å². The molecule has 1 aromatic heterocycles. The predicted molar refractivity (Wildman–Crippen MR) is 106 cm³/mol. The van der Waals surface area contributed by atoms with Gasteiger partial charge in [-0.3, -0.25) is 4.79 Å². The lowest BCUT2D eigenvalue weighted by atomic mass is 10.1. The van der Waals surface area contributed by atoms with Gasteiger partial charge in [0.2, 0.25) is 15.8 Å². The van der Waals surface area contributed by atoms with Crippen LogP contribution in [-0.4, -0.2) is 36.9 Å². The Kier molecular flexibility index (Phi) is 6.15. The molecule has 0 aliphatic heterocycles. The fraction of sp³-hybridized carbons (Fsp3) is 0.400. The van der Waals surface area contributed by atoms with Crippen molar-refractivity contribution in [1.29, 1.82) is 0 Å². The Hall–Kier alpha value is -2.45. The standard InChI is InChI=1S/C20H26N2O5S/c1-13-10-17(14(2)22(13)6)18(23)12-27-19(24)15-8-7-9-16(11-15)28(25,26)21-20(3,4)5/h7-11,21H,12H2,1-6H3. The minimum atomic E-state index is -3.78. The number of ketones is 1. The molecule has 0 fully saturated rings. The highest BCUT2D eigenvalue weighted by Crippen LogP contribution is 2.17. The second-order valence-corrected chi connectivity index (χ2v) is 9.41. The highest BCUT2D eigenvalue weighted by molar-refractivity contribution is 7.89. The van der Waals surface area contributed by atoms with Gasteiger partial charge in [-0.15, -0.1) is 0 Å². The van der Waals surface area contributed by atoms with Gasteiger partial charge in [-0.05, 0) is 58.9 Å². The number of ether oxygens (including phenoxy) is 1. The van der Waals surface area contributed by atoms with E-state index in [-0.39, 0.29) is 16.2 Å². The third-order valence-corrected chi connectivity index (χ3v) is 5.99. The van der Waals surface area contributed by atoms with Crippen LogP contribution in [0.4, 0.5) is 0 Å². The maximum absolute atomic E-state index is 12.4. The van der Waals surface area contributed by atoms with Gasteiger partial charge in [-0.25, -0.2) is 17.9 Å². The number of carbonyl (C=O) groups is 2. The third kappa shape index (κ3) is 5.08. The second-order valence-electron chi connectivity index (χ2n) is 7.73. The average Bonchev–Trinajstić information content (AvgIpc) is 2.85. The molecule has 0 bridgehead atoms. The van der Waals surface area contributed by atoms with Crippen LogP contribution < -0.4 is 4.72 Å². The summed E-state index contributed by atoms with van der Waals surface area (Å²) in [5.41, 5.74) is 1.62. The van der Waals surface area contributed by atoms with E-state index < -0.39 is 28.1 Å². The smallest absolute Gasteiger partial charge is 0.338 e. The van der Waals surface area contributed by atoms with Gasteiger partial charge in [0.15, 0.2) is 6.61 Å². The number of rotatable bonds is 6. The predicted octanol–water partition coefficient (Wildman–Crippen LogP) is 2.76. The van der Waals surface area contributed by atoms with E-state index in [1.54, 1.807) is 26.8 Å². The van der Waals surface area contributed by atoms with Crippen molar-refractivity contribution in [2.75, 3.05) is 6.61 Å². The lowest BCUT2D eigenvalue weighted by molar-refractivity contribution is 0.0474. The van der Waals surface area contributed by atoms with Crippen molar-refractivity contribution >= 4 is 21.8 Å². The molecule has 1 heterocycles. The summed E-state index contributed by atoms with van der Waals surface area (Å²) in [5.74, 6) is -1.07. The number of Topliss-reactive ketones (excluding diaryl/α,β-unsaturated/α-hetero) is 1. The van der Waals surface area contributed by atoms with Crippen LogP contribution in [0.5, 0.6) is 0 Å². The zero-order valence-electron chi connectivity index (χ0n) is 17.0. The first-order valence-corrected chi connectivity index (χ1v) is 10.3. The van der Waals surface area contributed by atoms with Crippen LogP contribution in [-0.2, 0) is 21.8 Å². The summed E-state index contributed by atoms with van der Waals surface area (Å²) in [7, 11) is -1.93. The molecule has 0 saturated carbocycles. The maximum Gasteiger partial charge on any atom is 0.338 e. The Labute approximate surface area is 165 Å². The van der Waals surface area contributed by atoms with E-state index >= 15 is 0 Å². The average molecular weight is 407 g/mol. The number of aryl methyl sites for hydroxylation is 1. The van der Waals surface area contributed by atoms with Crippen LogP contribution in [0.3, 0.4) is 0 Å². The number of sulfonamides is 1. The van der Waals surface area contributed by atoms with Crippen LogP contribution >= 0.6 is 0 Å². The Morgan fingerprint density at radius 2 is 1.79 bits per heavy atom. The minimum absolute atomic E-state index is 0.0438. The first-order valence-electron chi connectivity index (χ1n) is 8.79. The molecule has 0 atom stereocenters. The molecular weight excluding hydrogens is 380 g/mol. The van der Waals surface area contributed by atoms with Gasteiger partial charge in [0.25, 0.3) is 0 Å². The van der Waals surface area contributed by atoms with Crippen molar-refractivity contribution in [2.45, 2.75) is 45.1 Å². The Bertz CT molecular complexity index is 1010. The number of hydrogen-bond acceptors (Lipinski definition) is 5. The topological polar surface area (TPSA) is 94.5 Å². The van der Waals surface area contributed by atoms with Crippen LogP contribution in [0.15, 0.2) is 35.2 Å². The van der Waals surface area contributed by atoms with Crippen molar-refractivity contribution in [2.24, 2.45) is 7.05 Å². The summed E-state index contributed by atoms with van der Waals surface area (Å²) in [6.07, 6.45) is 0. The van der Waals surface area contributed by atoms with E-state index in [1.165, 1.54) is 24.3 Å². The fourth-order valence-electron chi connectivity index (χ4n) is 2.68. The molecule has 7 nitrogen and oxygen atoms in total. The fourth-order valence-corrected chi connectivity index (χ4v) is 4.15. The second kappa shape index (κ2) is 7.89. The highest BCUT2D eigenvalue weighted by atomic mass is 32.2. The molecule has 2 rings (SSSR count). The first kappa shape index (κ1) is 21.8. The molecule has 1 N–H and O–H groups in total. The number of carbonyl (C=O) groups excluding carboxylic acids is 2. The Morgan fingerprint density at radius 1 is 1.14 bits per heavy atom. The number of esters is 1. The number of hydrogen-bond donors (Lipinski definition) is 1. The van der Waals surface area contributed by atoms with E-state index in [0.29, 0.717) is 5.56 Å². The zero-order valence-corrected chi connectivity index (χ0v) is 17.8. The zero-order chi connectivity index (χ0) is 21.3. The molecule has 0 aliphatic rings. The van der Waals surface area contributed by atoms with Gasteiger partial charge in [-0.2, -0.15) is 0 Å². The molecule has 8 heteroatoms. The summed E-state index contributed by atoms with van der Waals surface area (Å²) < 4.78 is 34.4. The van der Waals surface area contributed by atoms with Crippen molar-refractivity contribution in [3.05, 3.63) is 52.8 Å². The monoisotopic (exact) mass is 406 g/mol. The van der Waals surface area contributed by atoms with Gasteiger partial charge >= 0.3 is 5.97 Å². The number of nitrogens with one attached hydrogen (secondary N) is 1. The molecular formula is C20H26N2O5S. The number of aromatic nitrogens is 1. The van der Waals surface area contributed by atoms with Gasteiger partial charge in [0.05, 0.1) is 10.5 Å². The van der Waals surface area contributed by atoms with Crippen LogP contribution in [0.2, 0.25) is 0 Å². The molecule has 0 saturated heterocycles. The summed E-state index contributed by atoms with van der Waals surface area (Å²) in [6.45, 7) is 8.46. The molecule has 28 heavy (non-hydrogen) atoms. The lowest BCUT2D eigenvalue weighted by Gasteiger charge is -2.20. The van der Waals surface area contributed by atoms with Gasteiger partial charge in [0.1, 0.15) is 0 Å². The van der Waals surface area contributed by atoms with E-state index in [1.807, 2.05) is 25.5 Å². The van der Waals surface area contributed by atoms with Crippen molar-refractivity contribution in [3.8, 4) is 0 Å². The van der Waals surface area contributed by atoms with Crippen LogP contribution in [0.1, 0.15) is 52.9 Å². The summed E-state index contributed by atoms with van der Waals surface area (Å²) >= 11 is 0. The van der Waals surface area contributed by atoms with E-state index in [9.17, 15) is 18.0 Å². The normalized spacial score (nSPS) is 12.1. The minimum Gasteiger partial charge on any atom is -0.454 e. The highest BCUT2D eigenvalue weighted by Gasteiger charge is 2.23. The molecule has 0 radical (unpaired) electrons. The molecule has 0 aliphatic carbocycles. The summed E-state index contributed by atoms with van der Waals surface area (Å²) in [6, 6.07) is 7.28. The van der Waals surface area contributed by atoms with E-state index in [2.05, 4.69) is 4.72 Å². The Balaban J connectivity index is 2.13. The first-order chi connectivity index (χ1) is 12.8. The van der Waals surface area contributed by atoms with Gasteiger partial charge < -0.3 is 9.30 Å². The van der Waals surface area contributed by atoms with E-state index in [0.717, 1.165) is 11.4 Å². The lowest BCUT2D eigenvalue weighted by Crippen LogP contribution is -2.40. The van der Waals surface area contributed by atoms with Crippen LogP contribution in [0.25, 0.3) is 0 Å². The molecule has 2 aromatic rings. The molecule has 0 amide bonds. The Morgan fingerprint density at radius 3 is 2.32 bits per heavy atom.